The first kappa shape index (κ1) is 13.7. The van der Waals surface area contributed by atoms with Crippen molar-refractivity contribution in [1.82, 2.24) is 25.4 Å². The van der Waals surface area contributed by atoms with Gasteiger partial charge in [-0.2, -0.15) is 5.10 Å². The van der Waals surface area contributed by atoms with Gasteiger partial charge in [0.15, 0.2) is 5.82 Å². The van der Waals surface area contributed by atoms with Gasteiger partial charge in [0, 0.05) is 19.5 Å². The van der Waals surface area contributed by atoms with Crippen molar-refractivity contribution in [2.24, 2.45) is 0 Å². The molecule has 6 heteroatoms. The number of hydrogen-bond donors (Lipinski definition) is 2. The van der Waals surface area contributed by atoms with Crippen LogP contribution in [-0.4, -0.2) is 45.6 Å². The minimum absolute atomic E-state index is 0.0664. The van der Waals surface area contributed by atoms with Gasteiger partial charge >= 0.3 is 0 Å². The van der Waals surface area contributed by atoms with E-state index in [-0.39, 0.29) is 11.9 Å². The summed E-state index contributed by atoms with van der Waals surface area (Å²) < 4.78 is 0. The van der Waals surface area contributed by atoms with Crippen LogP contribution in [0, 0.1) is 6.92 Å². The quantitative estimate of drug-likeness (QED) is 0.749. The van der Waals surface area contributed by atoms with Crippen LogP contribution in [0.3, 0.4) is 0 Å². The van der Waals surface area contributed by atoms with Crippen LogP contribution in [0.15, 0.2) is 12.7 Å². The lowest BCUT2D eigenvalue weighted by Gasteiger charge is -2.21. The standard InChI is InChI=1S/C13H21N5O/c1-3-7-14-12(19)6-9-18-8-4-5-11(18)13-15-10(2)16-17-13/h3,11H,1,4-9H2,2H3,(H,14,19)(H,15,16,17). The van der Waals surface area contributed by atoms with Crippen LogP contribution in [0.25, 0.3) is 0 Å². The molecule has 6 nitrogen and oxygen atoms in total. The van der Waals surface area contributed by atoms with E-state index in [1.165, 1.54) is 0 Å². The highest BCUT2D eigenvalue weighted by Gasteiger charge is 2.28. The van der Waals surface area contributed by atoms with Gasteiger partial charge in [0.1, 0.15) is 5.82 Å². The Labute approximate surface area is 113 Å². The van der Waals surface area contributed by atoms with E-state index in [2.05, 4.69) is 32.0 Å². The third-order valence-corrected chi connectivity index (χ3v) is 3.35. The van der Waals surface area contributed by atoms with Crippen molar-refractivity contribution in [3.05, 3.63) is 24.3 Å². The maximum Gasteiger partial charge on any atom is 0.221 e. The molecule has 0 radical (unpaired) electrons. The van der Waals surface area contributed by atoms with Gasteiger partial charge in [0.25, 0.3) is 0 Å². The van der Waals surface area contributed by atoms with Gasteiger partial charge in [-0.3, -0.25) is 14.8 Å². The number of hydrogen-bond acceptors (Lipinski definition) is 4. The molecule has 2 N–H and O–H groups in total. The third kappa shape index (κ3) is 3.64. The second-order valence-corrected chi connectivity index (χ2v) is 4.82. The third-order valence-electron chi connectivity index (χ3n) is 3.35. The fourth-order valence-corrected chi connectivity index (χ4v) is 2.41. The van der Waals surface area contributed by atoms with Crippen LogP contribution in [0.4, 0.5) is 0 Å². The topological polar surface area (TPSA) is 73.9 Å². The molecule has 0 bridgehead atoms. The van der Waals surface area contributed by atoms with Crippen molar-refractivity contribution in [3.63, 3.8) is 0 Å². The fraction of sp³-hybridized carbons (Fsp3) is 0.615. The predicted molar refractivity (Wildman–Crippen MR) is 72.5 cm³/mol. The number of aromatic nitrogens is 3. The molecule has 1 saturated heterocycles. The SMILES string of the molecule is C=CCNC(=O)CCN1CCCC1c1n[nH]c(C)n1. The first-order valence-electron chi connectivity index (χ1n) is 6.71. The number of H-pyrrole nitrogens is 1. The maximum atomic E-state index is 11.6. The zero-order valence-electron chi connectivity index (χ0n) is 11.4. The van der Waals surface area contributed by atoms with Crippen molar-refractivity contribution >= 4 is 5.91 Å². The molecule has 0 aromatic carbocycles. The van der Waals surface area contributed by atoms with Crippen molar-refractivity contribution in [3.8, 4) is 0 Å². The fourth-order valence-electron chi connectivity index (χ4n) is 2.41. The monoisotopic (exact) mass is 263 g/mol. The second-order valence-electron chi connectivity index (χ2n) is 4.82. The average Bonchev–Trinajstić information content (AvgIpc) is 3.02. The molecule has 1 aromatic rings. The number of aromatic amines is 1. The Balaban J connectivity index is 1.85. The molecule has 1 unspecified atom stereocenters. The summed E-state index contributed by atoms with van der Waals surface area (Å²) >= 11 is 0. The van der Waals surface area contributed by atoms with Gasteiger partial charge in [-0.15, -0.1) is 6.58 Å². The average molecular weight is 263 g/mol. The number of carbonyl (C=O) groups excluding carboxylic acids is 1. The Hall–Kier alpha value is -1.69. The van der Waals surface area contributed by atoms with E-state index in [1.807, 2.05) is 6.92 Å². The van der Waals surface area contributed by atoms with Crippen molar-refractivity contribution in [1.29, 1.82) is 0 Å². The Bertz CT molecular complexity index is 442. The summed E-state index contributed by atoms with van der Waals surface area (Å²) in [7, 11) is 0. The van der Waals surface area contributed by atoms with E-state index < -0.39 is 0 Å². The van der Waals surface area contributed by atoms with Crippen LogP contribution in [0.2, 0.25) is 0 Å². The Morgan fingerprint density at radius 3 is 3.21 bits per heavy atom. The summed E-state index contributed by atoms with van der Waals surface area (Å²) in [4.78, 5) is 18.3. The van der Waals surface area contributed by atoms with Gasteiger partial charge in [-0.25, -0.2) is 4.98 Å². The van der Waals surface area contributed by atoms with Crippen LogP contribution >= 0.6 is 0 Å². The number of amides is 1. The molecular formula is C13H21N5O. The molecule has 1 aromatic heterocycles. The van der Waals surface area contributed by atoms with Gasteiger partial charge < -0.3 is 5.32 Å². The number of likely N-dealkylation sites (tertiary alicyclic amines) is 1. The van der Waals surface area contributed by atoms with E-state index in [0.29, 0.717) is 13.0 Å². The second kappa shape index (κ2) is 6.47. The maximum absolute atomic E-state index is 11.6. The Morgan fingerprint density at radius 2 is 2.53 bits per heavy atom. The summed E-state index contributed by atoms with van der Waals surface area (Å²) in [6.45, 7) is 7.77. The summed E-state index contributed by atoms with van der Waals surface area (Å²) in [6.07, 6.45) is 4.39. The normalized spacial score (nSPS) is 19.5. The lowest BCUT2D eigenvalue weighted by atomic mass is 10.2. The Morgan fingerprint density at radius 1 is 1.68 bits per heavy atom. The molecule has 1 aliphatic heterocycles. The zero-order chi connectivity index (χ0) is 13.7. The first-order valence-corrected chi connectivity index (χ1v) is 6.71. The number of nitrogens with one attached hydrogen (secondary N) is 2. The highest BCUT2D eigenvalue weighted by molar-refractivity contribution is 5.76. The van der Waals surface area contributed by atoms with E-state index in [1.54, 1.807) is 6.08 Å². The van der Waals surface area contributed by atoms with E-state index in [4.69, 9.17) is 0 Å². The van der Waals surface area contributed by atoms with Crippen LogP contribution in [0.1, 0.15) is 37.0 Å². The van der Waals surface area contributed by atoms with Crippen molar-refractivity contribution < 1.29 is 4.79 Å². The molecule has 1 atom stereocenters. The van der Waals surface area contributed by atoms with Gasteiger partial charge in [0.2, 0.25) is 5.91 Å². The van der Waals surface area contributed by atoms with E-state index in [9.17, 15) is 4.79 Å². The molecule has 1 amide bonds. The zero-order valence-corrected chi connectivity index (χ0v) is 11.4. The molecule has 1 aliphatic rings. The van der Waals surface area contributed by atoms with Crippen molar-refractivity contribution in [2.45, 2.75) is 32.2 Å². The van der Waals surface area contributed by atoms with Gasteiger partial charge in [-0.05, 0) is 26.3 Å². The summed E-state index contributed by atoms with van der Waals surface area (Å²) in [5.41, 5.74) is 0. The highest BCUT2D eigenvalue weighted by atomic mass is 16.1. The minimum Gasteiger partial charge on any atom is -0.353 e. The van der Waals surface area contributed by atoms with Crippen LogP contribution < -0.4 is 5.32 Å². The van der Waals surface area contributed by atoms with E-state index >= 15 is 0 Å². The lowest BCUT2D eigenvalue weighted by Crippen LogP contribution is -2.31. The lowest BCUT2D eigenvalue weighted by molar-refractivity contribution is -0.121. The first-order chi connectivity index (χ1) is 9.20. The largest absolute Gasteiger partial charge is 0.353 e. The molecule has 0 spiro atoms. The number of nitrogens with zero attached hydrogens (tertiary/aromatic N) is 3. The van der Waals surface area contributed by atoms with Gasteiger partial charge in [0.05, 0.1) is 6.04 Å². The number of rotatable bonds is 6. The molecule has 0 aliphatic carbocycles. The Kier molecular flexibility index (Phi) is 4.68. The number of carbonyl (C=O) groups is 1. The highest BCUT2D eigenvalue weighted by Crippen LogP contribution is 2.29. The van der Waals surface area contributed by atoms with Crippen LogP contribution in [0.5, 0.6) is 0 Å². The molecule has 19 heavy (non-hydrogen) atoms. The van der Waals surface area contributed by atoms with Crippen LogP contribution in [-0.2, 0) is 4.79 Å². The van der Waals surface area contributed by atoms with E-state index in [0.717, 1.165) is 37.6 Å². The number of aryl methyl sites for hydroxylation is 1. The summed E-state index contributed by atoms with van der Waals surface area (Å²) in [5.74, 6) is 1.75. The molecule has 0 saturated carbocycles. The molecular weight excluding hydrogens is 242 g/mol. The van der Waals surface area contributed by atoms with Crippen molar-refractivity contribution in [2.75, 3.05) is 19.6 Å². The predicted octanol–water partition coefficient (Wildman–Crippen LogP) is 0.942. The molecule has 104 valence electrons. The van der Waals surface area contributed by atoms with Gasteiger partial charge in [-0.1, -0.05) is 6.08 Å². The minimum atomic E-state index is 0.0664. The molecule has 2 heterocycles. The molecule has 2 rings (SSSR count). The summed E-state index contributed by atoms with van der Waals surface area (Å²) in [6, 6.07) is 0.247. The summed E-state index contributed by atoms with van der Waals surface area (Å²) in [5, 5.41) is 9.91. The molecule has 1 fully saturated rings. The smallest absolute Gasteiger partial charge is 0.221 e.